The fourth-order valence-corrected chi connectivity index (χ4v) is 6.56. The van der Waals surface area contributed by atoms with Crippen molar-refractivity contribution in [2.75, 3.05) is 19.6 Å². The molecule has 1 aromatic carbocycles. The molecule has 0 unspecified atom stereocenters. The van der Waals surface area contributed by atoms with Gasteiger partial charge in [-0.1, -0.05) is 0 Å². The molecule has 6 rings (SSSR count). The van der Waals surface area contributed by atoms with E-state index in [1.165, 1.54) is 12.8 Å². The molecular formula is C20H24AsN4O2. The molecule has 3 aliphatic heterocycles. The molecule has 0 spiro atoms. The van der Waals surface area contributed by atoms with Crippen LogP contribution in [0.15, 0.2) is 18.2 Å². The molecule has 1 radical (unpaired) electrons. The summed E-state index contributed by atoms with van der Waals surface area (Å²) in [7, 11) is 1.87. The second kappa shape index (κ2) is 6.75. The summed E-state index contributed by atoms with van der Waals surface area (Å²) in [6.45, 7) is 3.28. The van der Waals surface area contributed by atoms with Crippen LogP contribution >= 0.6 is 0 Å². The van der Waals surface area contributed by atoms with Gasteiger partial charge in [-0.05, 0) is 0 Å². The van der Waals surface area contributed by atoms with Crippen molar-refractivity contribution in [3.8, 4) is 0 Å². The molecule has 4 fully saturated rings. The number of amides is 1. The fourth-order valence-electron chi connectivity index (χ4n) is 4.40. The fraction of sp³-hybridized carbons (Fsp3) is 0.550. The van der Waals surface area contributed by atoms with E-state index in [1.807, 2.05) is 25.2 Å². The topological polar surface area (TPSA) is 67.2 Å². The molecule has 1 atom stereocenters. The molecule has 27 heavy (non-hydrogen) atoms. The molecule has 1 amide bonds. The summed E-state index contributed by atoms with van der Waals surface area (Å²) < 4.78 is 3.29. The predicted molar refractivity (Wildman–Crippen MR) is 104 cm³/mol. The van der Waals surface area contributed by atoms with Gasteiger partial charge in [-0.2, -0.15) is 0 Å². The summed E-state index contributed by atoms with van der Waals surface area (Å²) in [4.78, 5) is 27.5. The zero-order chi connectivity index (χ0) is 18.5. The van der Waals surface area contributed by atoms with Crippen molar-refractivity contribution in [3.63, 3.8) is 0 Å². The number of aromatic nitrogens is 2. The number of piperidine rings is 3. The van der Waals surface area contributed by atoms with E-state index >= 15 is 0 Å². The number of rotatable bonds is 5. The number of fused-ring (bicyclic) bond motifs is 4. The molecule has 2 aromatic rings. The van der Waals surface area contributed by atoms with Crippen LogP contribution in [0.25, 0.3) is 10.9 Å². The van der Waals surface area contributed by atoms with Crippen LogP contribution in [0.3, 0.4) is 0 Å². The van der Waals surface area contributed by atoms with Gasteiger partial charge in [-0.15, -0.1) is 0 Å². The van der Waals surface area contributed by atoms with Crippen LogP contribution in [0, 0.1) is 11.8 Å². The summed E-state index contributed by atoms with van der Waals surface area (Å²) in [5.41, 5.74) is 1.44. The number of hydrogen-bond donors (Lipinski definition) is 1. The Kier molecular flexibility index (Phi) is 4.36. The molecule has 2 bridgehead atoms. The summed E-state index contributed by atoms with van der Waals surface area (Å²) >= 11 is -0.451. The predicted octanol–water partition coefficient (Wildman–Crippen LogP) is 0.663. The van der Waals surface area contributed by atoms with Crippen LogP contribution < -0.4 is 9.67 Å². The van der Waals surface area contributed by atoms with Gasteiger partial charge in [-0.25, -0.2) is 0 Å². The molecule has 1 aliphatic carbocycles. The van der Waals surface area contributed by atoms with Gasteiger partial charge >= 0.3 is 165 Å². The minimum atomic E-state index is -0.451. The van der Waals surface area contributed by atoms with Crippen molar-refractivity contribution in [1.82, 2.24) is 20.0 Å². The maximum absolute atomic E-state index is 12.9. The third kappa shape index (κ3) is 3.34. The average molecular weight is 427 g/mol. The van der Waals surface area contributed by atoms with Gasteiger partial charge in [0.25, 0.3) is 0 Å². The number of hydrogen-bond acceptors (Lipinski definition) is 4. The van der Waals surface area contributed by atoms with Crippen LogP contribution in [0.4, 0.5) is 0 Å². The number of nitrogens with zero attached hydrogens (tertiary/aromatic N) is 3. The van der Waals surface area contributed by atoms with E-state index in [-0.39, 0.29) is 11.9 Å². The Morgan fingerprint density at radius 3 is 2.63 bits per heavy atom. The molecule has 6 nitrogen and oxygen atoms in total. The summed E-state index contributed by atoms with van der Waals surface area (Å²) in [6.07, 6.45) is 4.48. The first-order chi connectivity index (χ1) is 13.1. The Hall–Kier alpha value is -1.65. The number of aryl methyl sites for hydroxylation is 1. The van der Waals surface area contributed by atoms with Crippen molar-refractivity contribution in [2.24, 2.45) is 18.9 Å². The zero-order valence-corrected chi connectivity index (χ0v) is 17.4. The first-order valence-electron chi connectivity index (χ1n) is 9.84. The van der Waals surface area contributed by atoms with Crippen LogP contribution in [0.5, 0.6) is 0 Å². The van der Waals surface area contributed by atoms with Crippen LogP contribution in [-0.4, -0.2) is 66.6 Å². The molecule has 1 N–H and O–H groups in total. The van der Waals surface area contributed by atoms with Crippen molar-refractivity contribution < 1.29 is 9.59 Å². The Balaban J connectivity index is 1.36. The summed E-state index contributed by atoms with van der Waals surface area (Å²) in [5.74, 6) is 0.836. The third-order valence-electron chi connectivity index (χ3n) is 6.19. The van der Waals surface area contributed by atoms with Gasteiger partial charge in [0.15, 0.2) is 0 Å². The Morgan fingerprint density at radius 2 is 1.96 bits per heavy atom. The van der Waals surface area contributed by atoms with E-state index in [4.69, 9.17) is 0 Å². The molecule has 141 valence electrons. The Labute approximate surface area is 165 Å². The average Bonchev–Trinajstić information content (AvgIpc) is 3.48. The van der Waals surface area contributed by atoms with Crippen LogP contribution in [-0.2, 0) is 11.8 Å². The van der Waals surface area contributed by atoms with Gasteiger partial charge in [0.05, 0.1) is 0 Å². The van der Waals surface area contributed by atoms with Gasteiger partial charge < -0.3 is 0 Å². The maximum atomic E-state index is 12.9. The normalized spacial score (nSPS) is 27.5. The number of nitrogens with one attached hydrogen (secondary N) is 1. The molecule has 7 heteroatoms. The van der Waals surface area contributed by atoms with Crippen molar-refractivity contribution in [3.05, 3.63) is 23.9 Å². The van der Waals surface area contributed by atoms with Crippen LogP contribution in [0.2, 0.25) is 0 Å². The van der Waals surface area contributed by atoms with E-state index in [2.05, 4.69) is 15.3 Å². The van der Waals surface area contributed by atoms with Gasteiger partial charge in [0.2, 0.25) is 0 Å². The number of benzene rings is 1. The standard InChI is InChI=1S/C20H24AsN4O2/c1-24-17-10-14(21-19(26)13-2-3-13)4-5-15(17)18(23-24)20(27)22-16-11-25-8-6-12(16)7-9-25/h4-5,10,12-13,16H,2-3,6-9,11H2,1H3,(H,22,27)/t16-/m1/s1. The molecule has 1 saturated carbocycles. The van der Waals surface area contributed by atoms with Gasteiger partial charge in [0, 0.05) is 0 Å². The van der Waals surface area contributed by atoms with Crippen molar-refractivity contribution in [2.45, 2.75) is 31.7 Å². The minimum absolute atomic E-state index is 0.0746. The SMILES string of the molecule is Cn1nc(C(=O)N[C@@H]2CN3CCC2CC3)c2ccc([As]C(=O)C3CC3)cc21. The molecule has 3 saturated heterocycles. The van der Waals surface area contributed by atoms with Gasteiger partial charge in [-0.3, -0.25) is 0 Å². The summed E-state index contributed by atoms with van der Waals surface area (Å²) in [6, 6.07) is 6.26. The molecule has 4 heterocycles. The number of carbonyl (C=O) groups is 2. The molecule has 1 aromatic heterocycles. The van der Waals surface area contributed by atoms with E-state index < -0.39 is 15.8 Å². The Morgan fingerprint density at radius 1 is 1.19 bits per heavy atom. The Bertz CT molecular complexity index is 912. The molecular weight excluding hydrogens is 403 g/mol. The zero-order valence-electron chi connectivity index (χ0n) is 15.5. The number of carbonyl (C=O) groups excluding carboxylic acids is 2. The van der Waals surface area contributed by atoms with E-state index in [0.29, 0.717) is 22.1 Å². The monoisotopic (exact) mass is 427 g/mol. The first-order valence-corrected chi connectivity index (χ1v) is 11.7. The second-order valence-corrected chi connectivity index (χ2v) is 10.6. The van der Waals surface area contributed by atoms with Crippen molar-refractivity contribution in [1.29, 1.82) is 0 Å². The molecule has 4 aliphatic rings. The first kappa shape index (κ1) is 17.4. The van der Waals surface area contributed by atoms with Crippen molar-refractivity contribution >= 4 is 41.5 Å². The van der Waals surface area contributed by atoms with E-state index in [9.17, 15) is 9.59 Å². The second-order valence-electron chi connectivity index (χ2n) is 8.12. The van der Waals surface area contributed by atoms with Crippen LogP contribution in [0.1, 0.15) is 36.2 Å². The summed E-state index contributed by atoms with van der Waals surface area (Å²) in [5, 5.41) is 8.61. The third-order valence-corrected chi connectivity index (χ3v) is 8.54. The van der Waals surface area contributed by atoms with E-state index in [0.717, 1.165) is 47.7 Å². The quantitative estimate of drug-likeness (QED) is 0.713. The van der Waals surface area contributed by atoms with E-state index in [1.54, 1.807) is 4.68 Å². The van der Waals surface area contributed by atoms with Gasteiger partial charge in [0.1, 0.15) is 0 Å².